The third-order valence-corrected chi connectivity index (χ3v) is 1.47. The molecule has 1 atom stereocenters. The second-order valence-corrected chi connectivity index (χ2v) is 2.48. The molecule has 1 heterocycles. The predicted octanol–water partition coefficient (Wildman–Crippen LogP) is 0.729. The van der Waals surface area contributed by atoms with Gasteiger partial charge in [0.05, 0.1) is 6.42 Å². The van der Waals surface area contributed by atoms with Crippen molar-refractivity contribution in [3.63, 3.8) is 0 Å². The first-order chi connectivity index (χ1) is 6.11. The molecule has 0 spiro atoms. The van der Waals surface area contributed by atoms with Crippen LogP contribution in [0.3, 0.4) is 0 Å². The summed E-state index contributed by atoms with van der Waals surface area (Å²) in [4.78, 5) is 13.7. The minimum atomic E-state index is -1.39. The highest BCUT2D eigenvalue weighted by Crippen LogP contribution is 2.16. The maximum absolute atomic E-state index is 12.9. The Morgan fingerprint density at radius 1 is 1.69 bits per heavy atom. The van der Waals surface area contributed by atoms with E-state index in [-0.39, 0.29) is 5.69 Å². The molecule has 0 saturated carbocycles. The van der Waals surface area contributed by atoms with Crippen molar-refractivity contribution in [1.29, 1.82) is 0 Å². The molecule has 0 saturated heterocycles. The number of carbonyl (C=O) groups is 1. The highest BCUT2D eigenvalue weighted by Gasteiger charge is 2.16. The van der Waals surface area contributed by atoms with Gasteiger partial charge in [-0.1, -0.05) is 0 Å². The third-order valence-electron chi connectivity index (χ3n) is 1.47. The molecule has 1 aromatic heterocycles. The predicted molar refractivity (Wildman–Crippen MR) is 41.4 cm³/mol. The zero-order valence-electron chi connectivity index (χ0n) is 6.64. The van der Waals surface area contributed by atoms with Gasteiger partial charge in [0.15, 0.2) is 0 Å². The number of nitrogens with zero attached hydrogens (tertiary/aromatic N) is 1. The first kappa shape index (κ1) is 9.60. The summed E-state index contributed by atoms with van der Waals surface area (Å²) in [6.07, 6.45) is -0.643. The first-order valence-electron chi connectivity index (χ1n) is 3.61. The molecular formula is C8H8FNO3. The molecule has 0 amide bonds. The lowest BCUT2D eigenvalue weighted by Gasteiger charge is -2.06. The van der Waals surface area contributed by atoms with E-state index in [0.29, 0.717) is 0 Å². The van der Waals surface area contributed by atoms with Crippen molar-refractivity contribution in [1.82, 2.24) is 4.98 Å². The number of carboxylic acid groups (broad SMARTS) is 1. The van der Waals surface area contributed by atoms with Gasteiger partial charge in [-0.25, -0.2) is 4.39 Å². The van der Waals surface area contributed by atoms with Gasteiger partial charge in [0.1, 0.15) is 17.6 Å². The number of aliphatic hydroxyl groups excluding tert-OH is 1. The van der Waals surface area contributed by atoms with Crippen LogP contribution in [0.25, 0.3) is 0 Å². The summed E-state index contributed by atoms with van der Waals surface area (Å²) in [6.45, 7) is 0. The van der Waals surface area contributed by atoms with Crippen LogP contribution in [0, 0.1) is 5.82 Å². The minimum absolute atomic E-state index is 0.232. The van der Waals surface area contributed by atoms with Gasteiger partial charge < -0.3 is 10.2 Å². The minimum Gasteiger partial charge on any atom is -0.481 e. The molecule has 0 aromatic carbocycles. The Kier molecular flexibility index (Phi) is 2.92. The number of aliphatic carboxylic acids is 1. The van der Waals surface area contributed by atoms with Gasteiger partial charge in [-0.3, -0.25) is 9.78 Å². The Bertz CT molecular complexity index is 316. The van der Waals surface area contributed by atoms with Crippen molar-refractivity contribution < 1.29 is 19.4 Å². The van der Waals surface area contributed by atoms with E-state index in [0.717, 1.165) is 6.07 Å². The molecule has 0 aliphatic rings. The average molecular weight is 185 g/mol. The summed E-state index contributed by atoms with van der Waals surface area (Å²) >= 11 is 0. The van der Waals surface area contributed by atoms with Gasteiger partial charge in [0, 0.05) is 6.20 Å². The lowest BCUT2D eigenvalue weighted by Crippen LogP contribution is -2.08. The van der Waals surface area contributed by atoms with Gasteiger partial charge in [-0.15, -0.1) is 0 Å². The van der Waals surface area contributed by atoms with E-state index in [1.807, 2.05) is 0 Å². The Balaban J connectivity index is 2.82. The van der Waals surface area contributed by atoms with Crippen molar-refractivity contribution in [2.45, 2.75) is 12.5 Å². The topological polar surface area (TPSA) is 70.4 Å². The Hall–Kier alpha value is -1.49. The Morgan fingerprint density at radius 2 is 2.38 bits per heavy atom. The quantitative estimate of drug-likeness (QED) is 0.728. The second kappa shape index (κ2) is 3.95. The fourth-order valence-corrected chi connectivity index (χ4v) is 0.905. The van der Waals surface area contributed by atoms with Crippen LogP contribution in [0.2, 0.25) is 0 Å². The van der Waals surface area contributed by atoms with Gasteiger partial charge in [-0.2, -0.15) is 0 Å². The molecule has 0 radical (unpaired) electrons. The second-order valence-electron chi connectivity index (χ2n) is 2.48. The van der Waals surface area contributed by atoms with Crippen LogP contribution in [-0.2, 0) is 4.79 Å². The van der Waals surface area contributed by atoms with Crippen LogP contribution in [0.5, 0.6) is 0 Å². The van der Waals surface area contributed by atoms with E-state index < -0.39 is 24.3 Å². The maximum atomic E-state index is 12.9. The molecule has 2 N–H and O–H groups in total. The molecule has 1 aromatic rings. The fraction of sp³-hybridized carbons (Fsp3) is 0.250. The van der Waals surface area contributed by atoms with E-state index in [1.165, 1.54) is 12.3 Å². The molecule has 0 aliphatic carbocycles. The molecule has 5 heteroatoms. The highest BCUT2D eigenvalue weighted by molar-refractivity contribution is 5.67. The zero-order valence-corrected chi connectivity index (χ0v) is 6.64. The summed E-state index contributed by atoms with van der Waals surface area (Å²) in [6, 6.07) is 2.49. The summed E-state index contributed by atoms with van der Waals surface area (Å²) in [5.74, 6) is -1.89. The van der Waals surface area contributed by atoms with Crippen molar-refractivity contribution >= 4 is 5.97 Å². The summed E-state index contributed by atoms with van der Waals surface area (Å²) < 4.78 is 12.9. The number of aliphatic hydroxyl groups is 1. The zero-order chi connectivity index (χ0) is 9.84. The van der Waals surface area contributed by atoms with E-state index in [2.05, 4.69) is 4.98 Å². The molecule has 0 aliphatic heterocycles. The van der Waals surface area contributed by atoms with Crippen LogP contribution in [0.1, 0.15) is 18.2 Å². The lowest BCUT2D eigenvalue weighted by molar-refractivity contribution is -0.139. The van der Waals surface area contributed by atoms with Crippen LogP contribution in [0.4, 0.5) is 4.39 Å². The normalized spacial score (nSPS) is 12.5. The monoisotopic (exact) mass is 185 g/mol. The molecule has 0 bridgehead atoms. The number of pyridine rings is 1. The van der Waals surface area contributed by atoms with Gasteiger partial charge in [-0.05, 0) is 12.1 Å². The number of rotatable bonds is 3. The van der Waals surface area contributed by atoms with Crippen LogP contribution in [-0.4, -0.2) is 21.2 Å². The molecule has 70 valence electrons. The number of hydrogen-bond donors (Lipinski definition) is 2. The third kappa shape index (κ3) is 2.48. The van der Waals surface area contributed by atoms with E-state index in [4.69, 9.17) is 5.11 Å². The summed E-state index contributed by atoms with van der Waals surface area (Å²) in [5, 5.41) is 17.5. The van der Waals surface area contributed by atoms with Gasteiger partial charge >= 0.3 is 5.97 Å². The molecule has 13 heavy (non-hydrogen) atoms. The highest BCUT2D eigenvalue weighted by atomic mass is 19.1. The van der Waals surface area contributed by atoms with Crippen LogP contribution in [0.15, 0.2) is 18.3 Å². The van der Waals surface area contributed by atoms with Gasteiger partial charge in [0.2, 0.25) is 0 Å². The van der Waals surface area contributed by atoms with Crippen molar-refractivity contribution in [3.05, 3.63) is 29.8 Å². The average Bonchev–Trinajstić information content (AvgIpc) is 2.03. The Morgan fingerprint density at radius 3 is 2.92 bits per heavy atom. The smallest absolute Gasteiger partial charge is 0.306 e. The SMILES string of the molecule is O=C(O)C[C@@H](O)c1ncccc1F. The fourth-order valence-electron chi connectivity index (χ4n) is 0.905. The first-order valence-corrected chi connectivity index (χ1v) is 3.61. The number of carboxylic acids is 1. The van der Waals surface area contributed by atoms with Crippen LogP contribution >= 0.6 is 0 Å². The Labute approximate surface area is 73.7 Å². The lowest BCUT2D eigenvalue weighted by atomic mass is 10.1. The maximum Gasteiger partial charge on any atom is 0.306 e. The van der Waals surface area contributed by atoms with E-state index in [1.54, 1.807) is 0 Å². The van der Waals surface area contributed by atoms with Crippen LogP contribution < -0.4 is 0 Å². The van der Waals surface area contributed by atoms with E-state index >= 15 is 0 Å². The molecular weight excluding hydrogens is 177 g/mol. The number of halogens is 1. The van der Waals surface area contributed by atoms with Crippen molar-refractivity contribution in [2.24, 2.45) is 0 Å². The van der Waals surface area contributed by atoms with Gasteiger partial charge in [0.25, 0.3) is 0 Å². The number of hydrogen-bond acceptors (Lipinski definition) is 3. The summed E-state index contributed by atoms with van der Waals surface area (Å²) in [7, 11) is 0. The molecule has 1 rings (SSSR count). The van der Waals surface area contributed by atoms with E-state index in [9.17, 15) is 14.3 Å². The van der Waals surface area contributed by atoms with Crippen molar-refractivity contribution in [2.75, 3.05) is 0 Å². The molecule has 0 unspecified atom stereocenters. The number of aromatic nitrogens is 1. The molecule has 0 fully saturated rings. The molecule has 4 nitrogen and oxygen atoms in total. The largest absolute Gasteiger partial charge is 0.481 e. The summed E-state index contributed by atoms with van der Waals surface area (Å²) in [5.41, 5.74) is -0.232. The standard InChI is InChI=1S/C8H8FNO3/c9-5-2-1-3-10-8(5)6(11)4-7(12)13/h1-3,6,11H,4H2,(H,12,13)/t6-/m1/s1. The van der Waals surface area contributed by atoms with Crippen molar-refractivity contribution in [3.8, 4) is 0 Å².